The van der Waals surface area contributed by atoms with Gasteiger partial charge in [0.05, 0.1) is 17.7 Å². The molecule has 0 saturated carbocycles. The van der Waals surface area contributed by atoms with Crippen molar-refractivity contribution in [3.8, 4) is 11.8 Å². The lowest BCUT2D eigenvalue weighted by Gasteiger charge is -2.12. The number of hydrogen-bond acceptors (Lipinski definition) is 3. The van der Waals surface area contributed by atoms with E-state index in [1.54, 1.807) is 0 Å². The van der Waals surface area contributed by atoms with Gasteiger partial charge in [0, 0.05) is 0 Å². The van der Waals surface area contributed by atoms with E-state index in [1.165, 1.54) is 18.2 Å². The summed E-state index contributed by atoms with van der Waals surface area (Å²) in [5, 5.41) is 17.7. The van der Waals surface area contributed by atoms with E-state index in [0.29, 0.717) is 18.3 Å². The Labute approximate surface area is 100 Å². The second kappa shape index (κ2) is 5.90. The van der Waals surface area contributed by atoms with Crippen molar-refractivity contribution < 1.29 is 14.6 Å². The molecule has 0 heterocycles. The predicted octanol–water partition coefficient (Wildman–Crippen LogP) is 2.68. The number of benzene rings is 1. The summed E-state index contributed by atoms with van der Waals surface area (Å²) in [6.45, 7) is 4.64. The molecular formula is C13H15NO3. The van der Waals surface area contributed by atoms with Crippen molar-refractivity contribution >= 4 is 5.97 Å². The van der Waals surface area contributed by atoms with Crippen LogP contribution >= 0.6 is 0 Å². The smallest absolute Gasteiger partial charge is 0.335 e. The summed E-state index contributed by atoms with van der Waals surface area (Å²) in [4.78, 5) is 10.7. The molecule has 0 spiro atoms. The monoisotopic (exact) mass is 233 g/mol. The summed E-state index contributed by atoms with van der Waals surface area (Å²) >= 11 is 0. The maximum absolute atomic E-state index is 10.7. The summed E-state index contributed by atoms with van der Waals surface area (Å²) in [7, 11) is 0. The molecule has 4 nitrogen and oxygen atoms in total. The predicted molar refractivity (Wildman–Crippen MR) is 63.1 cm³/mol. The third-order valence-corrected chi connectivity index (χ3v) is 2.57. The number of carboxylic acids is 1. The summed E-state index contributed by atoms with van der Waals surface area (Å²) in [5.41, 5.74) is 0.352. The van der Waals surface area contributed by atoms with Gasteiger partial charge in [0.2, 0.25) is 0 Å². The van der Waals surface area contributed by atoms with Crippen LogP contribution in [-0.2, 0) is 0 Å². The highest BCUT2D eigenvalue weighted by atomic mass is 16.5. The van der Waals surface area contributed by atoms with Gasteiger partial charge in [-0.05, 0) is 24.1 Å². The molecule has 0 aliphatic heterocycles. The molecule has 90 valence electrons. The maximum Gasteiger partial charge on any atom is 0.335 e. The lowest BCUT2D eigenvalue weighted by molar-refractivity contribution is 0.0697. The molecule has 1 unspecified atom stereocenters. The summed E-state index contributed by atoms with van der Waals surface area (Å²) < 4.78 is 5.50. The van der Waals surface area contributed by atoms with Crippen molar-refractivity contribution in [2.45, 2.75) is 20.3 Å². The highest BCUT2D eigenvalue weighted by molar-refractivity contribution is 5.88. The fourth-order valence-corrected chi connectivity index (χ4v) is 1.23. The molecule has 1 atom stereocenters. The Bertz CT molecular complexity index is 448. The average molecular weight is 233 g/mol. The largest absolute Gasteiger partial charge is 0.492 e. The fraction of sp³-hybridized carbons (Fsp3) is 0.385. The first-order valence-electron chi connectivity index (χ1n) is 5.48. The second-order valence-electron chi connectivity index (χ2n) is 3.95. The van der Waals surface area contributed by atoms with Gasteiger partial charge < -0.3 is 9.84 Å². The van der Waals surface area contributed by atoms with Gasteiger partial charge in [0.25, 0.3) is 0 Å². The first-order valence-corrected chi connectivity index (χ1v) is 5.48. The van der Waals surface area contributed by atoms with Crippen LogP contribution in [0.5, 0.6) is 5.75 Å². The minimum atomic E-state index is -1.05. The van der Waals surface area contributed by atoms with Crippen molar-refractivity contribution in [1.29, 1.82) is 5.26 Å². The van der Waals surface area contributed by atoms with Gasteiger partial charge >= 0.3 is 5.97 Å². The molecule has 1 aromatic carbocycles. The van der Waals surface area contributed by atoms with Crippen LogP contribution in [-0.4, -0.2) is 17.7 Å². The zero-order valence-corrected chi connectivity index (χ0v) is 9.93. The van der Waals surface area contributed by atoms with E-state index in [1.807, 2.05) is 6.07 Å². The molecule has 0 aliphatic carbocycles. The van der Waals surface area contributed by atoms with Crippen LogP contribution in [0.2, 0.25) is 0 Å². The molecular weight excluding hydrogens is 218 g/mol. The molecule has 1 rings (SSSR count). The molecule has 0 bridgehead atoms. The van der Waals surface area contributed by atoms with E-state index in [2.05, 4.69) is 13.8 Å². The average Bonchev–Trinajstić information content (AvgIpc) is 2.35. The Morgan fingerprint density at radius 1 is 1.59 bits per heavy atom. The van der Waals surface area contributed by atoms with E-state index in [0.717, 1.165) is 6.42 Å². The van der Waals surface area contributed by atoms with Gasteiger partial charge in [0.1, 0.15) is 11.8 Å². The third kappa shape index (κ3) is 3.49. The highest BCUT2D eigenvalue weighted by Gasteiger charge is 2.10. The van der Waals surface area contributed by atoms with Gasteiger partial charge in [0.15, 0.2) is 0 Å². The number of aromatic carboxylic acids is 1. The van der Waals surface area contributed by atoms with E-state index >= 15 is 0 Å². The third-order valence-electron chi connectivity index (χ3n) is 2.57. The Morgan fingerprint density at radius 2 is 2.29 bits per heavy atom. The molecule has 0 fully saturated rings. The first kappa shape index (κ1) is 13.0. The standard InChI is InChI=1S/C13H15NO3/c1-3-9(2)8-17-12-5-4-10(13(15)16)6-11(12)7-14/h4-6,9H,3,8H2,1-2H3,(H,15,16). The van der Waals surface area contributed by atoms with E-state index < -0.39 is 5.97 Å². The van der Waals surface area contributed by atoms with Crippen LogP contribution in [0, 0.1) is 17.2 Å². The van der Waals surface area contributed by atoms with E-state index in [4.69, 9.17) is 15.1 Å². The normalized spacial score (nSPS) is 11.6. The van der Waals surface area contributed by atoms with Gasteiger partial charge in [-0.3, -0.25) is 0 Å². The molecule has 1 N–H and O–H groups in total. The van der Waals surface area contributed by atoms with Crippen molar-refractivity contribution in [1.82, 2.24) is 0 Å². The number of hydrogen-bond donors (Lipinski definition) is 1. The number of carboxylic acid groups (broad SMARTS) is 1. The molecule has 17 heavy (non-hydrogen) atoms. The molecule has 1 aromatic rings. The van der Waals surface area contributed by atoms with Crippen molar-refractivity contribution in [3.63, 3.8) is 0 Å². The van der Waals surface area contributed by atoms with Crippen molar-refractivity contribution in [2.75, 3.05) is 6.61 Å². The van der Waals surface area contributed by atoms with Crippen LogP contribution in [0.15, 0.2) is 18.2 Å². The molecule has 0 saturated heterocycles. The van der Waals surface area contributed by atoms with Crippen LogP contribution in [0.25, 0.3) is 0 Å². The van der Waals surface area contributed by atoms with E-state index in [9.17, 15) is 4.79 Å². The Hall–Kier alpha value is -2.02. The maximum atomic E-state index is 10.7. The molecule has 0 amide bonds. The number of nitrogens with zero attached hydrogens (tertiary/aromatic N) is 1. The summed E-state index contributed by atoms with van der Waals surface area (Å²) in [5.74, 6) is -0.200. The van der Waals surface area contributed by atoms with Gasteiger partial charge in [-0.1, -0.05) is 20.3 Å². The molecule has 0 radical (unpaired) electrons. The molecule has 0 aromatic heterocycles. The number of carbonyl (C=O) groups is 1. The quantitative estimate of drug-likeness (QED) is 0.848. The van der Waals surface area contributed by atoms with Crippen LogP contribution in [0.3, 0.4) is 0 Å². The number of rotatable bonds is 5. The summed E-state index contributed by atoms with van der Waals surface area (Å²) in [6.07, 6.45) is 0.995. The zero-order valence-electron chi connectivity index (χ0n) is 9.93. The zero-order chi connectivity index (χ0) is 12.8. The topological polar surface area (TPSA) is 70.3 Å². The van der Waals surface area contributed by atoms with Crippen molar-refractivity contribution in [2.24, 2.45) is 5.92 Å². The second-order valence-corrected chi connectivity index (χ2v) is 3.95. The fourth-order valence-electron chi connectivity index (χ4n) is 1.23. The highest BCUT2D eigenvalue weighted by Crippen LogP contribution is 2.20. The number of ether oxygens (including phenoxy) is 1. The Balaban J connectivity index is 2.87. The summed E-state index contributed by atoms with van der Waals surface area (Å²) in [6, 6.07) is 6.24. The Kier molecular flexibility index (Phi) is 4.53. The van der Waals surface area contributed by atoms with Crippen LogP contribution < -0.4 is 4.74 Å². The lowest BCUT2D eigenvalue weighted by atomic mass is 10.1. The molecule has 0 aliphatic rings. The lowest BCUT2D eigenvalue weighted by Crippen LogP contribution is -2.08. The van der Waals surface area contributed by atoms with Gasteiger partial charge in [-0.25, -0.2) is 4.79 Å². The van der Waals surface area contributed by atoms with Crippen LogP contribution in [0.1, 0.15) is 36.2 Å². The SMILES string of the molecule is CCC(C)COc1ccc(C(=O)O)cc1C#N. The first-order chi connectivity index (χ1) is 8.08. The minimum absolute atomic E-state index is 0.0949. The van der Waals surface area contributed by atoms with Crippen molar-refractivity contribution in [3.05, 3.63) is 29.3 Å². The van der Waals surface area contributed by atoms with Crippen LogP contribution in [0.4, 0.5) is 0 Å². The number of nitriles is 1. The van der Waals surface area contributed by atoms with Gasteiger partial charge in [-0.2, -0.15) is 5.26 Å². The molecule has 4 heteroatoms. The van der Waals surface area contributed by atoms with Gasteiger partial charge in [-0.15, -0.1) is 0 Å². The Morgan fingerprint density at radius 3 is 2.82 bits per heavy atom. The van der Waals surface area contributed by atoms with E-state index in [-0.39, 0.29) is 11.1 Å². The minimum Gasteiger partial charge on any atom is -0.492 e.